The summed E-state index contributed by atoms with van der Waals surface area (Å²) in [6.45, 7) is 6.52. The molecular formula is C26H36N2O4. The summed E-state index contributed by atoms with van der Waals surface area (Å²) in [6, 6.07) is 17.2. The number of hydrogen-bond donors (Lipinski definition) is 0. The molecule has 0 bridgehead atoms. The average molecular weight is 441 g/mol. The molecule has 0 unspecified atom stereocenters. The van der Waals surface area contributed by atoms with Gasteiger partial charge in [0.05, 0.1) is 52.9 Å². The summed E-state index contributed by atoms with van der Waals surface area (Å²) in [5.74, 6) is 0. The lowest BCUT2D eigenvalue weighted by Gasteiger charge is -2.25. The molecule has 0 N–H and O–H groups in total. The minimum atomic E-state index is 0.595. The molecule has 32 heavy (non-hydrogen) atoms. The second kappa shape index (κ2) is 13.9. The molecule has 0 amide bonds. The van der Waals surface area contributed by atoms with Crippen LogP contribution >= 0.6 is 0 Å². The Morgan fingerprint density at radius 3 is 1.44 bits per heavy atom. The number of benzene rings is 2. The molecule has 3 rings (SSSR count). The summed E-state index contributed by atoms with van der Waals surface area (Å²) < 4.78 is 22.5. The van der Waals surface area contributed by atoms with E-state index in [1.165, 1.54) is 22.5 Å². The van der Waals surface area contributed by atoms with Crippen molar-refractivity contribution in [2.75, 3.05) is 89.8 Å². The molecule has 1 heterocycles. The maximum atomic E-state index is 5.73. The molecule has 0 aromatic heterocycles. The second-order valence-electron chi connectivity index (χ2n) is 7.85. The van der Waals surface area contributed by atoms with E-state index in [0.717, 1.165) is 13.1 Å². The standard InChI is InChI=1S/C26H36N2O4/c1-27(2)25-9-5-23(6-10-25)3-4-24-7-11-26(12-8-24)28-13-15-29-17-19-31-21-22-32-20-18-30-16-14-28/h3-12H,13-22H2,1-2H3/b4-3+. The highest BCUT2D eigenvalue weighted by Gasteiger charge is 2.07. The summed E-state index contributed by atoms with van der Waals surface area (Å²) in [5, 5.41) is 0. The molecule has 2 aromatic carbocycles. The van der Waals surface area contributed by atoms with Crippen LogP contribution in [0.4, 0.5) is 11.4 Å². The van der Waals surface area contributed by atoms with E-state index >= 15 is 0 Å². The third-order valence-electron chi connectivity index (χ3n) is 5.26. The predicted molar refractivity (Wildman–Crippen MR) is 132 cm³/mol. The molecule has 6 nitrogen and oxygen atoms in total. The zero-order valence-electron chi connectivity index (χ0n) is 19.4. The fourth-order valence-corrected chi connectivity index (χ4v) is 3.35. The third-order valence-corrected chi connectivity index (χ3v) is 5.26. The van der Waals surface area contributed by atoms with E-state index in [-0.39, 0.29) is 0 Å². The fraction of sp³-hybridized carbons (Fsp3) is 0.462. The first kappa shape index (κ1) is 24.3. The molecule has 0 aliphatic carbocycles. The Labute approximate surface area is 192 Å². The molecule has 1 aliphatic heterocycles. The van der Waals surface area contributed by atoms with Crippen molar-refractivity contribution in [2.24, 2.45) is 0 Å². The quantitative estimate of drug-likeness (QED) is 0.674. The van der Waals surface area contributed by atoms with Gasteiger partial charge in [-0.05, 0) is 35.4 Å². The number of anilines is 2. The minimum Gasteiger partial charge on any atom is -0.378 e. The molecule has 0 atom stereocenters. The Morgan fingerprint density at radius 1 is 0.594 bits per heavy atom. The molecule has 1 saturated heterocycles. The second-order valence-corrected chi connectivity index (χ2v) is 7.85. The lowest BCUT2D eigenvalue weighted by Crippen LogP contribution is -2.31. The molecule has 0 radical (unpaired) electrons. The van der Waals surface area contributed by atoms with Crippen LogP contribution in [0.5, 0.6) is 0 Å². The van der Waals surface area contributed by atoms with Crippen molar-refractivity contribution < 1.29 is 18.9 Å². The lowest BCUT2D eigenvalue weighted by atomic mass is 10.1. The van der Waals surface area contributed by atoms with Crippen LogP contribution in [0.15, 0.2) is 48.5 Å². The summed E-state index contributed by atoms with van der Waals surface area (Å²) in [7, 11) is 4.10. The van der Waals surface area contributed by atoms with Crippen molar-refractivity contribution in [3.05, 3.63) is 59.7 Å². The molecule has 2 aromatic rings. The van der Waals surface area contributed by atoms with Gasteiger partial charge < -0.3 is 28.7 Å². The van der Waals surface area contributed by atoms with Crippen LogP contribution in [0.2, 0.25) is 0 Å². The van der Waals surface area contributed by atoms with Crippen molar-refractivity contribution >= 4 is 23.5 Å². The first-order chi connectivity index (χ1) is 15.7. The maximum Gasteiger partial charge on any atom is 0.0701 e. The third kappa shape index (κ3) is 8.63. The van der Waals surface area contributed by atoms with Crippen molar-refractivity contribution in [1.29, 1.82) is 0 Å². The maximum absolute atomic E-state index is 5.73. The van der Waals surface area contributed by atoms with E-state index in [9.17, 15) is 0 Å². The lowest BCUT2D eigenvalue weighted by molar-refractivity contribution is 0.00206. The van der Waals surface area contributed by atoms with Gasteiger partial charge in [-0.2, -0.15) is 0 Å². The molecule has 1 aliphatic rings. The monoisotopic (exact) mass is 440 g/mol. The van der Waals surface area contributed by atoms with Gasteiger partial charge in [0, 0.05) is 38.6 Å². The Balaban J connectivity index is 1.57. The normalized spacial score (nSPS) is 17.6. The summed E-state index contributed by atoms with van der Waals surface area (Å²) >= 11 is 0. The molecular weight excluding hydrogens is 404 g/mol. The highest BCUT2D eigenvalue weighted by Crippen LogP contribution is 2.18. The Morgan fingerprint density at radius 2 is 1.00 bits per heavy atom. The van der Waals surface area contributed by atoms with Crippen molar-refractivity contribution in [3.8, 4) is 0 Å². The van der Waals surface area contributed by atoms with E-state index in [1.54, 1.807) is 0 Å². The summed E-state index contributed by atoms with van der Waals surface area (Å²) in [6.07, 6.45) is 4.29. The van der Waals surface area contributed by atoms with Gasteiger partial charge in [-0.3, -0.25) is 0 Å². The number of nitrogens with zero attached hydrogens (tertiary/aromatic N) is 2. The molecule has 174 valence electrons. The minimum absolute atomic E-state index is 0.595. The predicted octanol–water partition coefficient (Wildman–Crippen LogP) is 3.81. The van der Waals surface area contributed by atoms with Gasteiger partial charge in [-0.1, -0.05) is 36.4 Å². The average Bonchev–Trinajstić information content (AvgIpc) is 2.83. The van der Waals surface area contributed by atoms with Gasteiger partial charge in [0.25, 0.3) is 0 Å². The van der Waals surface area contributed by atoms with E-state index in [0.29, 0.717) is 52.9 Å². The van der Waals surface area contributed by atoms with Gasteiger partial charge in [0.1, 0.15) is 0 Å². The summed E-state index contributed by atoms with van der Waals surface area (Å²) in [4.78, 5) is 4.40. The molecule has 0 saturated carbocycles. The van der Waals surface area contributed by atoms with Gasteiger partial charge in [0.15, 0.2) is 0 Å². The van der Waals surface area contributed by atoms with Crippen LogP contribution in [0.25, 0.3) is 12.2 Å². The van der Waals surface area contributed by atoms with Gasteiger partial charge in [-0.15, -0.1) is 0 Å². The molecule has 6 heteroatoms. The Hall–Kier alpha value is -2.38. The zero-order chi connectivity index (χ0) is 22.4. The zero-order valence-corrected chi connectivity index (χ0v) is 19.4. The SMILES string of the molecule is CN(C)c1ccc(/C=C/c2ccc(N3CCOCCOCCOCCOCC3)cc2)cc1. The first-order valence-electron chi connectivity index (χ1n) is 11.3. The van der Waals surface area contributed by atoms with Gasteiger partial charge in [0.2, 0.25) is 0 Å². The smallest absolute Gasteiger partial charge is 0.0701 e. The van der Waals surface area contributed by atoms with Crippen LogP contribution < -0.4 is 9.80 Å². The van der Waals surface area contributed by atoms with Crippen LogP contribution in [0.3, 0.4) is 0 Å². The van der Waals surface area contributed by atoms with Crippen molar-refractivity contribution in [2.45, 2.75) is 0 Å². The van der Waals surface area contributed by atoms with Gasteiger partial charge in [-0.25, -0.2) is 0 Å². The number of rotatable bonds is 4. The number of hydrogen-bond acceptors (Lipinski definition) is 6. The highest BCUT2D eigenvalue weighted by molar-refractivity contribution is 5.71. The molecule has 1 fully saturated rings. The van der Waals surface area contributed by atoms with E-state index in [4.69, 9.17) is 18.9 Å². The topological polar surface area (TPSA) is 43.4 Å². The van der Waals surface area contributed by atoms with Gasteiger partial charge >= 0.3 is 0 Å². The van der Waals surface area contributed by atoms with Crippen LogP contribution in [0.1, 0.15) is 11.1 Å². The van der Waals surface area contributed by atoms with Crippen LogP contribution in [-0.2, 0) is 18.9 Å². The van der Waals surface area contributed by atoms with Crippen molar-refractivity contribution in [3.63, 3.8) is 0 Å². The van der Waals surface area contributed by atoms with Crippen molar-refractivity contribution in [1.82, 2.24) is 0 Å². The largest absolute Gasteiger partial charge is 0.378 e. The van der Waals surface area contributed by atoms with E-state index < -0.39 is 0 Å². The van der Waals surface area contributed by atoms with E-state index in [2.05, 4.69) is 84.6 Å². The summed E-state index contributed by atoms with van der Waals surface area (Å²) in [5.41, 5.74) is 4.73. The van der Waals surface area contributed by atoms with Crippen LogP contribution in [-0.4, -0.2) is 80.0 Å². The fourth-order valence-electron chi connectivity index (χ4n) is 3.35. The molecule has 0 spiro atoms. The Bertz CT molecular complexity index is 774. The highest BCUT2D eigenvalue weighted by atomic mass is 16.6. The Kier molecular flexibility index (Phi) is 10.5. The van der Waals surface area contributed by atoms with E-state index in [1.807, 2.05) is 0 Å². The number of ether oxygens (including phenoxy) is 4. The van der Waals surface area contributed by atoms with Crippen LogP contribution in [0, 0.1) is 0 Å². The first-order valence-corrected chi connectivity index (χ1v) is 11.3.